The summed E-state index contributed by atoms with van der Waals surface area (Å²) in [7, 11) is 0. The van der Waals surface area contributed by atoms with Crippen molar-refractivity contribution in [1.82, 2.24) is 0 Å². The van der Waals surface area contributed by atoms with Crippen LogP contribution in [-0.2, 0) is 6.42 Å². The van der Waals surface area contributed by atoms with Crippen LogP contribution in [0.3, 0.4) is 0 Å². The molecule has 0 bridgehead atoms. The molecule has 1 aromatic carbocycles. The van der Waals surface area contributed by atoms with Gasteiger partial charge in [-0.2, -0.15) is 0 Å². The number of benzene rings is 1. The Bertz CT molecular complexity index is 382. The molecule has 1 aromatic rings. The Balaban J connectivity index is 2.84. The quantitative estimate of drug-likeness (QED) is 0.619. The second kappa shape index (κ2) is 5.55. The fraction of sp³-hybridized carbons (Fsp3) is 0.455. The number of nitrogens with zero attached hydrogens (tertiary/aromatic N) is 1. The summed E-state index contributed by atoms with van der Waals surface area (Å²) in [6.07, 6.45) is 1.87. The van der Waals surface area contributed by atoms with Gasteiger partial charge in [0.25, 0.3) is 5.69 Å². The molecule has 1 atom stereocenters. The zero-order valence-electron chi connectivity index (χ0n) is 9.15. The van der Waals surface area contributed by atoms with E-state index in [0.29, 0.717) is 18.4 Å². The van der Waals surface area contributed by atoms with Crippen LogP contribution in [-0.4, -0.2) is 11.0 Å². The molecule has 88 valence electrons. The third-order valence-electron chi connectivity index (χ3n) is 2.55. The second-order valence-electron chi connectivity index (χ2n) is 3.74. The highest BCUT2D eigenvalue weighted by atomic mass is 19.1. The summed E-state index contributed by atoms with van der Waals surface area (Å²) in [5.41, 5.74) is 6.10. The number of nitro benzene ring substituents is 1. The van der Waals surface area contributed by atoms with E-state index in [0.717, 1.165) is 12.5 Å². The highest BCUT2D eigenvalue weighted by Crippen LogP contribution is 2.21. The Morgan fingerprint density at radius 3 is 2.81 bits per heavy atom. The van der Waals surface area contributed by atoms with Crippen molar-refractivity contribution in [3.63, 3.8) is 0 Å². The van der Waals surface area contributed by atoms with Crippen LogP contribution in [0.15, 0.2) is 18.2 Å². The maximum absolute atomic E-state index is 13.0. The molecule has 1 rings (SSSR count). The number of aryl methyl sites for hydroxylation is 1. The Morgan fingerprint density at radius 1 is 1.56 bits per heavy atom. The SMILES string of the molecule is CCC(N)CCc1cc(F)ccc1[N+](=O)[O-]. The van der Waals surface area contributed by atoms with E-state index in [1.807, 2.05) is 6.92 Å². The van der Waals surface area contributed by atoms with Crippen LogP contribution in [0.4, 0.5) is 10.1 Å². The molecule has 0 radical (unpaired) electrons. The van der Waals surface area contributed by atoms with Crippen molar-refractivity contribution in [2.45, 2.75) is 32.2 Å². The molecule has 0 fully saturated rings. The number of hydrogen-bond donors (Lipinski definition) is 1. The second-order valence-corrected chi connectivity index (χ2v) is 3.74. The molecule has 0 heterocycles. The molecule has 1 unspecified atom stereocenters. The van der Waals surface area contributed by atoms with Crippen LogP contribution in [0.25, 0.3) is 0 Å². The minimum absolute atomic E-state index is 0.00266. The number of hydrogen-bond acceptors (Lipinski definition) is 3. The van der Waals surface area contributed by atoms with E-state index in [1.165, 1.54) is 12.1 Å². The van der Waals surface area contributed by atoms with E-state index in [1.54, 1.807) is 0 Å². The van der Waals surface area contributed by atoms with Gasteiger partial charge >= 0.3 is 0 Å². The summed E-state index contributed by atoms with van der Waals surface area (Å²) in [4.78, 5) is 10.2. The van der Waals surface area contributed by atoms with Crippen LogP contribution < -0.4 is 5.73 Å². The molecule has 0 aliphatic heterocycles. The Hall–Kier alpha value is -1.49. The molecular weight excluding hydrogens is 211 g/mol. The molecule has 0 spiro atoms. The first-order chi connectivity index (χ1) is 7.54. The molecule has 0 aliphatic rings. The lowest BCUT2D eigenvalue weighted by molar-refractivity contribution is -0.385. The van der Waals surface area contributed by atoms with Crippen LogP contribution in [0.5, 0.6) is 0 Å². The number of nitro groups is 1. The van der Waals surface area contributed by atoms with Crippen LogP contribution in [0, 0.1) is 15.9 Å². The van der Waals surface area contributed by atoms with Crippen molar-refractivity contribution < 1.29 is 9.31 Å². The molecule has 0 saturated heterocycles. The van der Waals surface area contributed by atoms with E-state index >= 15 is 0 Å². The Labute approximate surface area is 93.4 Å². The third kappa shape index (κ3) is 3.27. The maximum Gasteiger partial charge on any atom is 0.272 e. The fourth-order valence-electron chi connectivity index (χ4n) is 1.48. The van der Waals surface area contributed by atoms with Gasteiger partial charge in [0, 0.05) is 17.7 Å². The minimum atomic E-state index is -0.494. The first-order valence-corrected chi connectivity index (χ1v) is 5.23. The molecule has 16 heavy (non-hydrogen) atoms. The van der Waals surface area contributed by atoms with E-state index in [9.17, 15) is 14.5 Å². The van der Waals surface area contributed by atoms with Gasteiger partial charge in [0.1, 0.15) is 5.82 Å². The van der Waals surface area contributed by atoms with Crippen molar-refractivity contribution in [2.75, 3.05) is 0 Å². The first kappa shape index (κ1) is 12.6. The molecule has 2 N–H and O–H groups in total. The molecule has 5 heteroatoms. The van der Waals surface area contributed by atoms with E-state index in [-0.39, 0.29) is 11.7 Å². The van der Waals surface area contributed by atoms with E-state index < -0.39 is 10.7 Å². The van der Waals surface area contributed by atoms with Gasteiger partial charge in [-0.25, -0.2) is 4.39 Å². The van der Waals surface area contributed by atoms with Crippen molar-refractivity contribution in [2.24, 2.45) is 5.73 Å². The van der Waals surface area contributed by atoms with Crippen molar-refractivity contribution in [3.05, 3.63) is 39.7 Å². The lowest BCUT2D eigenvalue weighted by atomic mass is 10.0. The Kier molecular flexibility index (Phi) is 4.37. The number of halogens is 1. The summed E-state index contributed by atoms with van der Waals surface area (Å²) >= 11 is 0. The lowest BCUT2D eigenvalue weighted by Crippen LogP contribution is -2.19. The zero-order valence-corrected chi connectivity index (χ0v) is 9.15. The van der Waals surface area contributed by atoms with Crippen LogP contribution in [0.1, 0.15) is 25.3 Å². The highest BCUT2D eigenvalue weighted by Gasteiger charge is 2.14. The van der Waals surface area contributed by atoms with Crippen molar-refractivity contribution >= 4 is 5.69 Å². The molecule has 0 aromatic heterocycles. The summed E-state index contributed by atoms with van der Waals surface area (Å²) < 4.78 is 13.0. The summed E-state index contributed by atoms with van der Waals surface area (Å²) in [6.45, 7) is 1.95. The monoisotopic (exact) mass is 226 g/mol. The molecule has 0 saturated carbocycles. The van der Waals surface area contributed by atoms with Gasteiger partial charge in [0.15, 0.2) is 0 Å². The van der Waals surface area contributed by atoms with Gasteiger partial charge in [-0.05, 0) is 31.4 Å². The largest absolute Gasteiger partial charge is 0.328 e. The zero-order chi connectivity index (χ0) is 12.1. The smallest absolute Gasteiger partial charge is 0.272 e. The molecular formula is C11H15FN2O2. The van der Waals surface area contributed by atoms with Gasteiger partial charge in [0.05, 0.1) is 4.92 Å². The van der Waals surface area contributed by atoms with Crippen molar-refractivity contribution in [3.8, 4) is 0 Å². The predicted molar refractivity (Wildman–Crippen MR) is 59.6 cm³/mol. The minimum Gasteiger partial charge on any atom is -0.328 e. The first-order valence-electron chi connectivity index (χ1n) is 5.23. The predicted octanol–water partition coefficient (Wildman–Crippen LogP) is 2.40. The van der Waals surface area contributed by atoms with Gasteiger partial charge < -0.3 is 5.73 Å². The van der Waals surface area contributed by atoms with Gasteiger partial charge in [-0.3, -0.25) is 10.1 Å². The standard InChI is InChI=1S/C11H15FN2O2/c1-2-10(13)5-3-8-7-9(12)4-6-11(8)14(15)16/h4,6-7,10H,2-3,5,13H2,1H3. The highest BCUT2D eigenvalue weighted by molar-refractivity contribution is 5.40. The molecule has 0 aliphatic carbocycles. The van der Waals surface area contributed by atoms with E-state index in [2.05, 4.69) is 0 Å². The molecule has 0 amide bonds. The maximum atomic E-state index is 13.0. The topological polar surface area (TPSA) is 69.2 Å². The summed E-state index contributed by atoms with van der Waals surface area (Å²) in [6, 6.07) is 3.51. The summed E-state index contributed by atoms with van der Waals surface area (Å²) in [5.74, 6) is -0.453. The van der Waals surface area contributed by atoms with Crippen LogP contribution in [0.2, 0.25) is 0 Å². The van der Waals surface area contributed by atoms with Gasteiger partial charge in [0.2, 0.25) is 0 Å². The fourth-order valence-corrected chi connectivity index (χ4v) is 1.48. The summed E-state index contributed by atoms with van der Waals surface area (Å²) in [5, 5.41) is 10.7. The van der Waals surface area contributed by atoms with Crippen LogP contribution >= 0.6 is 0 Å². The lowest BCUT2D eigenvalue weighted by Gasteiger charge is -2.08. The third-order valence-corrected chi connectivity index (χ3v) is 2.55. The Morgan fingerprint density at radius 2 is 2.25 bits per heavy atom. The number of nitrogens with two attached hydrogens (primary N) is 1. The van der Waals surface area contributed by atoms with E-state index in [4.69, 9.17) is 5.73 Å². The van der Waals surface area contributed by atoms with Crippen molar-refractivity contribution in [1.29, 1.82) is 0 Å². The average molecular weight is 226 g/mol. The average Bonchev–Trinajstić information content (AvgIpc) is 2.25. The van der Waals surface area contributed by atoms with Gasteiger partial charge in [-0.15, -0.1) is 0 Å². The normalized spacial score (nSPS) is 12.4. The van der Waals surface area contributed by atoms with Gasteiger partial charge in [-0.1, -0.05) is 6.92 Å². The number of rotatable bonds is 5. The molecule has 4 nitrogen and oxygen atoms in total.